The van der Waals surface area contributed by atoms with Crippen LogP contribution in [0.15, 0.2) is 24.3 Å². The molecule has 1 aliphatic rings. The van der Waals surface area contributed by atoms with Gasteiger partial charge >= 0.3 is 0 Å². The highest BCUT2D eigenvalue weighted by Crippen LogP contribution is 2.28. The highest BCUT2D eigenvalue weighted by atomic mass is 19.1. The zero-order valence-corrected chi connectivity index (χ0v) is 11.5. The third-order valence-electron chi connectivity index (χ3n) is 3.69. The molecule has 20 heavy (non-hydrogen) atoms. The second-order valence-corrected chi connectivity index (χ2v) is 5.26. The fraction of sp³-hybridized carbons (Fsp3) is 0.467. The lowest BCUT2D eigenvalue weighted by Crippen LogP contribution is -2.48. The SMILES string of the molecule is CN(CC(=O)NC1(C#N)CCCC1)c1ccccc1F. The summed E-state index contributed by atoms with van der Waals surface area (Å²) in [4.78, 5) is 13.6. The Hall–Kier alpha value is -2.09. The maximum absolute atomic E-state index is 13.6. The van der Waals surface area contributed by atoms with E-state index in [4.69, 9.17) is 0 Å². The summed E-state index contributed by atoms with van der Waals surface area (Å²) >= 11 is 0. The number of rotatable bonds is 4. The number of likely N-dealkylation sites (N-methyl/N-ethyl adjacent to an activating group) is 1. The van der Waals surface area contributed by atoms with Crippen LogP contribution in [0.5, 0.6) is 0 Å². The molecule has 1 fully saturated rings. The monoisotopic (exact) mass is 275 g/mol. The minimum Gasteiger partial charge on any atom is -0.363 e. The molecule has 1 aromatic carbocycles. The fourth-order valence-corrected chi connectivity index (χ4v) is 2.61. The average molecular weight is 275 g/mol. The van der Waals surface area contributed by atoms with Gasteiger partial charge in [-0.3, -0.25) is 4.79 Å². The van der Waals surface area contributed by atoms with Crippen molar-refractivity contribution in [2.45, 2.75) is 31.2 Å². The third kappa shape index (κ3) is 3.08. The lowest BCUT2D eigenvalue weighted by molar-refractivity contribution is -0.121. The summed E-state index contributed by atoms with van der Waals surface area (Å²) in [7, 11) is 1.66. The zero-order valence-electron chi connectivity index (χ0n) is 11.5. The van der Waals surface area contributed by atoms with Crippen molar-refractivity contribution in [1.29, 1.82) is 5.26 Å². The molecule has 106 valence electrons. The van der Waals surface area contributed by atoms with Crippen molar-refractivity contribution in [3.63, 3.8) is 0 Å². The molecule has 2 rings (SSSR count). The number of anilines is 1. The standard InChI is InChI=1S/C15H18FN3O/c1-19(13-7-3-2-6-12(13)16)10-14(20)18-15(11-17)8-4-5-9-15/h2-3,6-7H,4-5,8-10H2,1H3,(H,18,20). The smallest absolute Gasteiger partial charge is 0.240 e. The van der Waals surface area contributed by atoms with E-state index in [9.17, 15) is 14.4 Å². The number of amides is 1. The van der Waals surface area contributed by atoms with Gasteiger partial charge in [-0.25, -0.2) is 4.39 Å². The number of nitrogens with one attached hydrogen (secondary N) is 1. The van der Waals surface area contributed by atoms with Crippen LogP contribution >= 0.6 is 0 Å². The first-order valence-corrected chi connectivity index (χ1v) is 6.74. The molecule has 1 amide bonds. The van der Waals surface area contributed by atoms with Crippen LogP contribution in [0.25, 0.3) is 0 Å². The number of hydrogen-bond acceptors (Lipinski definition) is 3. The molecule has 0 unspecified atom stereocenters. The second-order valence-electron chi connectivity index (χ2n) is 5.26. The van der Waals surface area contributed by atoms with Crippen LogP contribution in [0.3, 0.4) is 0 Å². The molecule has 0 atom stereocenters. The van der Waals surface area contributed by atoms with Gasteiger partial charge in [-0.2, -0.15) is 5.26 Å². The molecular formula is C15H18FN3O. The Morgan fingerprint density at radius 2 is 2.10 bits per heavy atom. The molecule has 1 N–H and O–H groups in total. The topological polar surface area (TPSA) is 56.1 Å². The molecule has 1 aliphatic carbocycles. The van der Waals surface area contributed by atoms with E-state index in [0.717, 1.165) is 12.8 Å². The summed E-state index contributed by atoms with van der Waals surface area (Å²) in [6.07, 6.45) is 3.30. The van der Waals surface area contributed by atoms with Crippen LogP contribution in [0.1, 0.15) is 25.7 Å². The molecule has 5 heteroatoms. The summed E-state index contributed by atoms with van der Waals surface area (Å²) in [5, 5.41) is 12.0. The zero-order chi connectivity index (χ0) is 14.6. The van der Waals surface area contributed by atoms with E-state index in [-0.39, 0.29) is 18.3 Å². The van der Waals surface area contributed by atoms with Crippen molar-refractivity contribution in [2.75, 3.05) is 18.5 Å². The molecule has 0 saturated heterocycles. The van der Waals surface area contributed by atoms with Gasteiger partial charge in [0.1, 0.15) is 11.4 Å². The normalized spacial score (nSPS) is 16.4. The first-order chi connectivity index (χ1) is 9.56. The number of para-hydroxylation sites is 1. The molecule has 1 saturated carbocycles. The molecular weight excluding hydrogens is 257 g/mol. The maximum atomic E-state index is 13.6. The summed E-state index contributed by atoms with van der Waals surface area (Å²) in [5.41, 5.74) is -0.354. The first-order valence-electron chi connectivity index (χ1n) is 6.74. The highest BCUT2D eigenvalue weighted by Gasteiger charge is 2.35. The summed E-state index contributed by atoms with van der Waals surface area (Å²) in [5.74, 6) is -0.613. The van der Waals surface area contributed by atoms with Gasteiger partial charge in [0.25, 0.3) is 0 Å². The van der Waals surface area contributed by atoms with Gasteiger partial charge in [0.05, 0.1) is 18.3 Å². The summed E-state index contributed by atoms with van der Waals surface area (Å²) in [6.45, 7) is 0.0321. The molecule has 0 heterocycles. The highest BCUT2D eigenvalue weighted by molar-refractivity contribution is 5.82. The van der Waals surface area contributed by atoms with Crippen LogP contribution in [0.4, 0.5) is 10.1 Å². The van der Waals surface area contributed by atoms with E-state index in [1.807, 2.05) is 0 Å². The predicted octanol–water partition coefficient (Wildman–Crippen LogP) is 2.21. The Morgan fingerprint density at radius 1 is 1.45 bits per heavy atom. The number of carbonyl (C=O) groups excluding carboxylic acids is 1. The van der Waals surface area contributed by atoms with Gasteiger partial charge in [0.15, 0.2) is 0 Å². The number of halogens is 1. The van der Waals surface area contributed by atoms with Gasteiger partial charge < -0.3 is 10.2 Å². The maximum Gasteiger partial charge on any atom is 0.240 e. The Kier molecular flexibility index (Phi) is 4.23. The minimum atomic E-state index is -0.729. The van der Waals surface area contributed by atoms with Gasteiger partial charge in [0, 0.05) is 7.05 Å². The minimum absolute atomic E-state index is 0.0321. The average Bonchev–Trinajstić information content (AvgIpc) is 2.88. The number of nitriles is 1. The molecule has 0 aromatic heterocycles. The van der Waals surface area contributed by atoms with Crippen LogP contribution in [-0.4, -0.2) is 25.0 Å². The Labute approximate surface area is 118 Å². The largest absolute Gasteiger partial charge is 0.363 e. The second kappa shape index (κ2) is 5.91. The fourth-order valence-electron chi connectivity index (χ4n) is 2.61. The Balaban J connectivity index is 1.98. The number of hydrogen-bond donors (Lipinski definition) is 1. The van der Waals surface area contributed by atoms with Crippen molar-refractivity contribution in [3.05, 3.63) is 30.1 Å². The predicted molar refractivity (Wildman–Crippen MR) is 74.6 cm³/mol. The van der Waals surface area contributed by atoms with E-state index < -0.39 is 5.54 Å². The van der Waals surface area contributed by atoms with Gasteiger partial charge in [0.2, 0.25) is 5.91 Å². The first kappa shape index (κ1) is 14.3. The molecule has 0 spiro atoms. The van der Waals surface area contributed by atoms with E-state index in [2.05, 4.69) is 11.4 Å². The van der Waals surface area contributed by atoms with E-state index in [0.29, 0.717) is 18.5 Å². The van der Waals surface area contributed by atoms with Gasteiger partial charge in [-0.05, 0) is 37.8 Å². The summed E-state index contributed by atoms with van der Waals surface area (Å²) < 4.78 is 13.6. The lowest BCUT2D eigenvalue weighted by atomic mass is 10.00. The number of carbonyl (C=O) groups is 1. The van der Waals surface area contributed by atoms with Crippen LogP contribution in [0, 0.1) is 17.1 Å². The molecule has 0 radical (unpaired) electrons. The lowest BCUT2D eigenvalue weighted by Gasteiger charge is -2.25. The third-order valence-corrected chi connectivity index (χ3v) is 3.69. The summed E-state index contributed by atoms with van der Waals surface area (Å²) in [6, 6.07) is 8.52. The molecule has 4 nitrogen and oxygen atoms in total. The van der Waals surface area contributed by atoms with Gasteiger partial charge in [-0.15, -0.1) is 0 Å². The van der Waals surface area contributed by atoms with Crippen molar-refractivity contribution in [2.24, 2.45) is 0 Å². The van der Waals surface area contributed by atoms with Crippen LogP contribution in [0.2, 0.25) is 0 Å². The quantitative estimate of drug-likeness (QED) is 0.916. The van der Waals surface area contributed by atoms with E-state index >= 15 is 0 Å². The Morgan fingerprint density at radius 3 is 2.70 bits per heavy atom. The number of benzene rings is 1. The molecule has 1 aromatic rings. The van der Waals surface area contributed by atoms with Crippen molar-refractivity contribution in [3.8, 4) is 6.07 Å². The van der Waals surface area contributed by atoms with Gasteiger partial charge in [-0.1, -0.05) is 12.1 Å². The number of nitrogens with zero attached hydrogens (tertiary/aromatic N) is 2. The van der Waals surface area contributed by atoms with Crippen molar-refractivity contribution in [1.82, 2.24) is 5.32 Å². The van der Waals surface area contributed by atoms with Crippen molar-refractivity contribution < 1.29 is 9.18 Å². The van der Waals surface area contributed by atoms with Crippen molar-refractivity contribution >= 4 is 11.6 Å². The van der Waals surface area contributed by atoms with E-state index in [1.165, 1.54) is 6.07 Å². The van der Waals surface area contributed by atoms with E-state index in [1.54, 1.807) is 30.1 Å². The van der Waals surface area contributed by atoms with Crippen LogP contribution < -0.4 is 10.2 Å². The Bertz CT molecular complexity index is 532. The van der Waals surface area contributed by atoms with Crippen LogP contribution in [-0.2, 0) is 4.79 Å². The molecule has 0 aliphatic heterocycles. The molecule has 0 bridgehead atoms.